The van der Waals surface area contributed by atoms with Gasteiger partial charge in [-0.3, -0.25) is 10.1 Å². The molecule has 0 aliphatic heterocycles. The Bertz CT molecular complexity index is 465. The van der Waals surface area contributed by atoms with Crippen LogP contribution in [0.5, 0.6) is 0 Å². The van der Waals surface area contributed by atoms with E-state index in [1.54, 1.807) is 4.90 Å². The molecule has 1 saturated carbocycles. The van der Waals surface area contributed by atoms with Gasteiger partial charge in [0.15, 0.2) is 0 Å². The smallest absolute Gasteiger partial charge is 0.354 e. The predicted octanol–water partition coefficient (Wildman–Crippen LogP) is 0.0216. The molecule has 0 saturated heterocycles. The van der Waals surface area contributed by atoms with Crippen molar-refractivity contribution in [3.63, 3.8) is 0 Å². The summed E-state index contributed by atoms with van der Waals surface area (Å²) in [6.45, 7) is 0.204. The van der Waals surface area contributed by atoms with Gasteiger partial charge in [0.25, 0.3) is 0 Å². The second-order valence-electron chi connectivity index (χ2n) is 4.30. The van der Waals surface area contributed by atoms with Crippen molar-refractivity contribution in [2.45, 2.75) is 25.3 Å². The second-order valence-corrected chi connectivity index (χ2v) is 4.30. The first-order chi connectivity index (χ1) is 9.19. The van der Waals surface area contributed by atoms with Gasteiger partial charge in [0.2, 0.25) is 11.6 Å². The molecule has 1 aliphatic rings. The molecule has 0 radical (unpaired) electrons. The van der Waals surface area contributed by atoms with E-state index in [-0.39, 0.29) is 30.0 Å². The van der Waals surface area contributed by atoms with Crippen molar-refractivity contribution in [2.24, 2.45) is 5.84 Å². The third-order valence-electron chi connectivity index (χ3n) is 3.25. The summed E-state index contributed by atoms with van der Waals surface area (Å²) in [5, 5.41) is 20.3. The number of rotatable bonds is 6. The summed E-state index contributed by atoms with van der Waals surface area (Å²) in [5.41, 5.74) is 1.95. The fourth-order valence-corrected chi connectivity index (χ4v) is 2.12. The highest BCUT2D eigenvalue weighted by Gasteiger charge is 2.33. The summed E-state index contributed by atoms with van der Waals surface area (Å²) < 4.78 is 0. The van der Waals surface area contributed by atoms with E-state index < -0.39 is 4.92 Å². The average molecular weight is 268 g/mol. The first-order valence-corrected chi connectivity index (χ1v) is 6.02. The van der Waals surface area contributed by atoms with Crippen molar-refractivity contribution in [3.05, 3.63) is 16.4 Å². The molecule has 1 heterocycles. The van der Waals surface area contributed by atoms with Crippen LogP contribution in [0.25, 0.3) is 0 Å². The van der Waals surface area contributed by atoms with Crippen LogP contribution in [0.2, 0.25) is 0 Å². The highest BCUT2D eigenvalue weighted by molar-refractivity contribution is 5.70. The number of nitro groups is 1. The maximum atomic E-state index is 11.2. The summed E-state index contributed by atoms with van der Waals surface area (Å²) in [6.07, 6.45) is 4.17. The minimum Gasteiger partial charge on any atom is -0.395 e. The van der Waals surface area contributed by atoms with Crippen LogP contribution >= 0.6 is 0 Å². The molecular weight excluding hydrogens is 252 g/mol. The van der Waals surface area contributed by atoms with Gasteiger partial charge in [-0.2, -0.15) is 0 Å². The van der Waals surface area contributed by atoms with E-state index in [1.807, 2.05) is 0 Å². The van der Waals surface area contributed by atoms with E-state index in [4.69, 9.17) is 10.9 Å². The molecule has 104 valence electrons. The van der Waals surface area contributed by atoms with Gasteiger partial charge in [0, 0.05) is 12.6 Å². The number of anilines is 2. The molecule has 0 amide bonds. The molecule has 19 heavy (non-hydrogen) atoms. The lowest BCUT2D eigenvalue weighted by Gasteiger charge is -2.37. The van der Waals surface area contributed by atoms with Crippen molar-refractivity contribution in [3.8, 4) is 0 Å². The number of nitrogens with two attached hydrogens (primary N) is 1. The van der Waals surface area contributed by atoms with Crippen LogP contribution in [0.4, 0.5) is 17.3 Å². The van der Waals surface area contributed by atoms with E-state index in [1.165, 1.54) is 6.33 Å². The van der Waals surface area contributed by atoms with Gasteiger partial charge < -0.3 is 15.4 Å². The van der Waals surface area contributed by atoms with Crippen molar-refractivity contribution in [1.82, 2.24) is 9.97 Å². The van der Waals surface area contributed by atoms with Gasteiger partial charge in [-0.05, 0) is 19.3 Å². The predicted molar refractivity (Wildman–Crippen MR) is 68.6 cm³/mol. The fraction of sp³-hybridized carbons (Fsp3) is 0.600. The molecule has 9 heteroatoms. The Kier molecular flexibility index (Phi) is 4.07. The summed E-state index contributed by atoms with van der Waals surface area (Å²) in [4.78, 5) is 20.1. The number of aliphatic hydroxyl groups is 1. The van der Waals surface area contributed by atoms with Gasteiger partial charge in [-0.1, -0.05) is 0 Å². The monoisotopic (exact) mass is 268 g/mol. The molecule has 0 aromatic carbocycles. The molecule has 0 spiro atoms. The summed E-state index contributed by atoms with van der Waals surface area (Å²) in [5.74, 6) is 5.41. The molecule has 0 unspecified atom stereocenters. The highest BCUT2D eigenvalue weighted by atomic mass is 16.6. The van der Waals surface area contributed by atoms with Crippen LogP contribution < -0.4 is 16.2 Å². The van der Waals surface area contributed by atoms with Crippen LogP contribution in [-0.4, -0.2) is 39.2 Å². The zero-order chi connectivity index (χ0) is 13.8. The van der Waals surface area contributed by atoms with Crippen molar-refractivity contribution in [1.29, 1.82) is 0 Å². The summed E-state index contributed by atoms with van der Waals surface area (Å²) in [7, 11) is 0. The number of nitrogens with zero attached hydrogens (tertiary/aromatic N) is 4. The molecule has 9 nitrogen and oxygen atoms in total. The summed E-state index contributed by atoms with van der Waals surface area (Å²) >= 11 is 0. The van der Waals surface area contributed by atoms with Gasteiger partial charge in [-0.15, -0.1) is 0 Å². The number of hydrazine groups is 1. The minimum absolute atomic E-state index is 0.0303. The van der Waals surface area contributed by atoms with E-state index in [2.05, 4.69) is 15.4 Å². The Morgan fingerprint density at radius 1 is 1.58 bits per heavy atom. The molecule has 0 atom stereocenters. The zero-order valence-electron chi connectivity index (χ0n) is 10.3. The zero-order valence-corrected chi connectivity index (χ0v) is 10.3. The lowest BCUT2D eigenvalue weighted by Crippen LogP contribution is -2.42. The van der Waals surface area contributed by atoms with E-state index >= 15 is 0 Å². The van der Waals surface area contributed by atoms with Crippen LogP contribution in [0.15, 0.2) is 6.33 Å². The first kappa shape index (κ1) is 13.4. The lowest BCUT2D eigenvalue weighted by atomic mass is 9.91. The fourth-order valence-electron chi connectivity index (χ4n) is 2.12. The second kappa shape index (κ2) is 5.76. The first-order valence-electron chi connectivity index (χ1n) is 6.02. The number of nitrogens with one attached hydrogen (secondary N) is 1. The van der Waals surface area contributed by atoms with Crippen LogP contribution in [0.3, 0.4) is 0 Å². The third kappa shape index (κ3) is 2.56. The maximum absolute atomic E-state index is 11.2. The Hall–Kier alpha value is -2.00. The maximum Gasteiger partial charge on any atom is 0.354 e. The Morgan fingerprint density at radius 3 is 2.79 bits per heavy atom. The van der Waals surface area contributed by atoms with Crippen molar-refractivity contribution < 1.29 is 10.0 Å². The average Bonchev–Trinajstić information content (AvgIpc) is 2.35. The third-order valence-corrected chi connectivity index (χ3v) is 3.25. The Labute approximate surface area is 109 Å². The van der Waals surface area contributed by atoms with Crippen molar-refractivity contribution >= 4 is 17.3 Å². The lowest BCUT2D eigenvalue weighted by molar-refractivity contribution is -0.383. The van der Waals surface area contributed by atoms with Crippen molar-refractivity contribution in [2.75, 3.05) is 23.5 Å². The topological polar surface area (TPSA) is 130 Å². The Morgan fingerprint density at radius 2 is 2.32 bits per heavy atom. The SMILES string of the molecule is NNc1ncnc(N(CCO)C2CCC2)c1[N+](=O)[O-]. The molecule has 4 N–H and O–H groups in total. The number of hydrogen-bond donors (Lipinski definition) is 3. The number of aromatic nitrogens is 2. The largest absolute Gasteiger partial charge is 0.395 e. The Balaban J connectivity index is 2.42. The number of hydrogen-bond acceptors (Lipinski definition) is 8. The highest BCUT2D eigenvalue weighted by Crippen LogP contribution is 2.36. The minimum atomic E-state index is -0.562. The molecule has 1 aromatic rings. The normalized spacial score (nSPS) is 14.8. The molecule has 2 rings (SSSR count). The van der Waals surface area contributed by atoms with Gasteiger partial charge in [0.1, 0.15) is 6.33 Å². The standard InChI is InChI=1S/C10H16N6O3/c11-14-9-8(16(18)19)10(13-6-12-9)15(4-5-17)7-2-1-3-7/h6-7,17H,1-5,11H2,(H,12,13,14). The molecular formula is C10H16N6O3. The van der Waals surface area contributed by atoms with Crippen LogP contribution in [-0.2, 0) is 0 Å². The van der Waals surface area contributed by atoms with Crippen LogP contribution in [0.1, 0.15) is 19.3 Å². The number of nitrogen functional groups attached to an aromatic ring is 1. The molecule has 0 bridgehead atoms. The van der Waals surface area contributed by atoms with E-state index in [9.17, 15) is 10.1 Å². The summed E-state index contributed by atoms with van der Waals surface area (Å²) in [6, 6.07) is 0.173. The van der Waals surface area contributed by atoms with Gasteiger partial charge in [-0.25, -0.2) is 15.8 Å². The number of aliphatic hydroxyl groups excluding tert-OH is 1. The van der Waals surface area contributed by atoms with Crippen LogP contribution in [0, 0.1) is 10.1 Å². The quantitative estimate of drug-likeness (QED) is 0.374. The molecule has 1 aliphatic carbocycles. The van der Waals surface area contributed by atoms with E-state index in [0.29, 0.717) is 6.54 Å². The van der Waals surface area contributed by atoms with Gasteiger partial charge >= 0.3 is 5.69 Å². The van der Waals surface area contributed by atoms with E-state index in [0.717, 1.165) is 19.3 Å². The van der Waals surface area contributed by atoms with Gasteiger partial charge in [0.05, 0.1) is 11.5 Å². The molecule has 1 aromatic heterocycles. The molecule has 1 fully saturated rings.